The van der Waals surface area contributed by atoms with Crippen molar-refractivity contribution in [3.63, 3.8) is 0 Å². The van der Waals surface area contributed by atoms with Crippen LogP contribution in [-0.2, 0) is 4.79 Å². The van der Waals surface area contributed by atoms with Crippen molar-refractivity contribution in [2.24, 2.45) is 0 Å². The molecule has 2 aromatic carbocycles. The summed E-state index contributed by atoms with van der Waals surface area (Å²) >= 11 is 3.43. The van der Waals surface area contributed by atoms with Gasteiger partial charge in [-0.3, -0.25) is 9.59 Å². The minimum absolute atomic E-state index is 0.0997. The van der Waals surface area contributed by atoms with Crippen LogP contribution in [0.1, 0.15) is 15.9 Å². The number of hydrogen-bond donors (Lipinski definition) is 1. The van der Waals surface area contributed by atoms with Crippen LogP contribution in [0.2, 0.25) is 0 Å². The van der Waals surface area contributed by atoms with Gasteiger partial charge in [-0.15, -0.1) is 0 Å². The summed E-state index contributed by atoms with van der Waals surface area (Å²) in [5.74, 6) is -0.384. The molecule has 0 aromatic heterocycles. The number of ketones is 1. The largest absolute Gasteiger partial charge is 0.323 e. The summed E-state index contributed by atoms with van der Waals surface area (Å²) in [7, 11) is 0. The van der Waals surface area contributed by atoms with Gasteiger partial charge >= 0.3 is 0 Å². The van der Waals surface area contributed by atoms with E-state index in [4.69, 9.17) is 0 Å². The van der Waals surface area contributed by atoms with Gasteiger partial charge in [0.2, 0.25) is 5.91 Å². The van der Waals surface area contributed by atoms with Crippen molar-refractivity contribution in [3.8, 4) is 0 Å². The highest BCUT2D eigenvalue weighted by molar-refractivity contribution is 9.10. The first-order chi connectivity index (χ1) is 10.6. The minimum atomic E-state index is -0.284. The van der Waals surface area contributed by atoms with Crippen LogP contribution < -0.4 is 5.32 Å². The Balaban J connectivity index is 2.08. The molecule has 3 nitrogen and oxygen atoms in total. The molecular formula is C18H14BrNO2. The Morgan fingerprint density at radius 1 is 1.05 bits per heavy atom. The van der Waals surface area contributed by atoms with Crippen LogP contribution in [0.3, 0.4) is 0 Å². The van der Waals surface area contributed by atoms with Gasteiger partial charge in [0.25, 0.3) is 0 Å². The molecule has 2 rings (SSSR count). The van der Waals surface area contributed by atoms with E-state index in [1.165, 1.54) is 12.2 Å². The van der Waals surface area contributed by atoms with Crippen molar-refractivity contribution in [1.82, 2.24) is 0 Å². The molecule has 0 unspecified atom stereocenters. The van der Waals surface area contributed by atoms with Gasteiger partial charge in [-0.1, -0.05) is 40.7 Å². The number of hydrogen-bond acceptors (Lipinski definition) is 2. The lowest BCUT2D eigenvalue weighted by atomic mass is 10.1. The topological polar surface area (TPSA) is 46.2 Å². The third kappa shape index (κ3) is 4.27. The van der Waals surface area contributed by atoms with Gasteiger partial charge in [-0.05, 0) is 54.1 Å². The molecule has 2 aromatic rings. The maximum Gasteiger partial charge on any atom is 0.247 e. The Morgan fingerprint density at radius 2 is 1.73 bits per heavy atom. The molecule has 0 aliphatic carbocycles. The van der Waals surface area contributed by atoms with Crippen LogP contribution in [0.25, 0.3) is 6.08 Å². The van der Waals surface area contributed by atoms with Gasteiger partial charge in [0.15, 0.2) is 5.78 Å². The third-order valence-electron chi connectivity index (χ3n) is 2.94. The van der Waals surface area contributed by atoms with Gasteiger partial charge in [-0.25, -0.2) is 0 Å². The van der Waals surface area contributed by atoms with E-state index in [1.54, 1.807) is 30.3 Å². The summed E-state index contributed by atoms with van der Waals surface area (Å²) in [6.07, 6.45) is 4.48. The number of halogens is 1. The SMILES string of the molecule is C=CC(=O)Nc1ccc(C(=O)C=Cc2ccccc2Br)cc1. The Bertz CT molecular complexity index is 733. The van der Waals surface area contributed by atoms with Crippen LogP contribution in [0.5, 0.6) is 0 Å². The second-order valence-electron chi connectivity index (χ2n) is 4.49. The smallest absolute Gasteiger partial charge is 0.247 e. The highest BCUT2D eigenvalue weighted by Gasteiger charge is 2.03. The fourth-order valence-electron chi connectivity index (χ4n) is 1.78. The number of amides is 1. The molecule has 0 spiro atoms. The zero-order valence-corrected chi connectivity index (χ0v) is 13.3. The Kier molecular flexibility index (Phi) is 5.44. The molecule has 1 N–H and O–H groups in total. The molecule has 110 valence electrons. The van der Waals surface area contributed by atoms with E-state index < -0.39 is 0 Å². The number of carbonyl (C=O) groups is 2. The molecule has 0 aliphatic rings. The van der Waals surface area contributed by atoms with E-state index in [0.29, 0.717) is 11.3 Å². The number of allylic oxidation sites excluding steroid dienone is 1. The van der Waals surface area contributed by atoms with Crippen LogP contribution in [0, 0.1) is 0 Å². The standard InChI is InChI=1S/C18H14BrNO2/c1-2-18(22)20-15-10-7-14(8-11-15)17(21)12-9-13-5-3-4-6-16(13)19/h2-12H,1H2,(H,20,22). The lowest BCUT2D eigenvalue weighted by Gasteiger charge is -2.03. The minimum Gasteiger partial charge on any atom is -0.323 e. The first kappa shape index (κ1) is 15.9. The molecule has 0 aliphatic heterocycles. The van der Waals surface area contributed by atoms with Crippen LogP contribution in [0.15, 0.2) is 71.7 Å². The Morgan fingerprint density at radius 3 is 2.36 bits per heavy atom. The number of benzene rings is 2. The summed E-state index contributed by atoms with van der Waals surface area (Å²) in [4.78, 5) is 23.3. The zero-order valence-electron chi connectivity index (χ0n) is 11.8. The molecule has 0 heterocycles. The van der Waals surface area contributed by atoms with Gasteiger partial charge in [0.05, 0.1) is 0 Å². The molecule has 0 atom stereocenters. The second-order valence-corrected chi connectivity index (χ2v) is 5.34. The summed E-state index contributed by atoms with van der Waals surface area (Å²) in [5.41, 5.74) is 2.11. The summed E-state index contributed by atoms with van der Waals surface area (Å²) in [5, 5.41) is 2.63. The highest BCUT2D eigenvalue weighted by Crippen LogP contribution is 2.18. The lowest BCUT2D eigenvalue weighted by Crippen LogP contribution is -2.07. The number of rotatable bonds is 5. The van der Waals surface area contributed by atoms with Crippen molar-refractivity contribution in [3.05, 3.63) is 82.9 Å². The van der Waals surface area contributed by atoms with E-state index >= 15 is 0 Å². The number of anilines is 1. The molecule has 0 radical (unpaired) electrons. The predicted octanol–water partition coefficient (Wildman–Crippen LogP) is 4.47. The quantitative estimate of drug-likeness (QED) is 0.635. The summed E-state index contributed by atoms with van der Waals surface area (Å²) in [6, 6.07) is 14.4. The predicted molar refractivity (Wildman–Crippen MR) is 92.8 cm³/mol. The van der Waals surface area contributed by atoms with Gasteiger partial charge in [0.1, 0.15) is 0 Å². The highest BCUT2D eigenvalue weighted by atomic mass is 79.9. The lowest BCUT2D eigenvalue weighted by molar-refractivity contribution is -0.111. The van der Waals surface area contributed by atoms with Gasteiger partial charge in [-0.2, -0.15) is 0 Å². The Labute approximate surface area is 137 Å². The molecule has 0 fully saturated rings. The average Bonchev–Trinajstić information content (AvgIpc) is 2.54. The molecule has 1 amide bonds. The van der Waals surface area contributed by atoms with Crippen molar-refractivity contribution >= 4 is 39.4 Å². The molecule has 0 bridgehead atoms. The first-order valence-corrected chi connectivity index (χ1v) is 7.40. The van der Waals surface area contributed by atoms with E-state index in [1.807, 2.05) is 24.3 Å². The van der Waals surface area contributed by atoms with E-state index in [9.17, 15) is 9.59 Å². The van der Waals surface area contributed by atoms with Crippen molar-refractivity contribution in [1.29, 1.82) is 0 Å². The van der Waals surface area contributed by atoms with E-state index in [-0.39, 0.29) is 11.7 Å². The number of nitrogens with one attached hydrogen (secondary N) is 1. The summed E-state index contributed by atoms with van der Waals surface area (Å²) < 4.78 is 0.932. The van der Waals surface area contributed by atoms with Gasteiger partial charge < -0.3 is 5.32 Å². The monoisotopic (exact) mass is 355 g/mol. The Hall–Kier alpha value is -2.46. The normalized spacial score (nSPS) is 10.4. The second kappa shape index (κ2) is 7.52. The number of carbonyl (C=O) groups excluding carboxylic acids is 2. The third-order valence-corrected chi connectivity index (χ3v) is 3.66. The molecule has 0 saturated heterocycles. The maximum atomic E-state index is 12.1. The van der Waals surface area contributed by atoms with Crippen LogP contribution in [-0.4, -0.2) is 11.7 Å². The van der Waals surface area contributed by atoms with Crippen molar-refractivity contribution < 1.29 is 9.59 Å². The van der Waals surface area contributed by atoms with Crippen molar-refractivity contribution in [2.45, 2.75) is 0 Å². The fraction of sp³-hybridized carbons (Fsp3) is 0. The first-order valence-electron chi connectivity index (χ1n) is 6.60. The molecular weight excluding hydrogens is 342 g/mol. The zero-order chi connectivity index (χ0) is 15.9. The average molecular weight is 356 g/mol. The molecule has 4 heteroatoms. The van der Waals surface area contributed by atoms with Crippen molar-refractivity contribution in [2.75, 3.05) is 5.32 Å². The van der Waals surface area contributed by atoms with E-state index in [2.05, 4.69) is 27.8 Å². The fourth-order valence-corrected chi connectivity index (χ4v) is 2.20. The van der Waals surface area contributed by atoms with Crippen LogP contribution >= 0.6 is 15.9 Å². The van der Waals surface area contributed by atoms with Crippen LogP contribution in [0.4, 0.5) is 5.69 Å². The maximum absolute atomic E-state index is 12.1. The summed E-state index contributed by atoms with van der Waals surface area (Å²) in [6.45, 7) is 3.38. The molecule has 22 heavy (non-hydrogen) atoms. The van der Waals surface area contributed by atoms with Gasteiger partial charge in [0, 0.05) is 15.7 Å². The van der Waals surface area contributed by atoms with E-state index in [0.717, 1.165) is 10.0 Å². The molecule has 0 saturated carbocycles.